The van der Waals surface area contributed by atoms with E-state index < -0.39 is 28.9 Å². The zero-order valence-corrected chi connectivity index (χ0v) is 38.8. The Morgan fingerprint density at radius 2 is 1.02 bits per heavy atom. The molecule has 0 aliphatic heterocycles. The number of halogens is 2. The summed E-state index contributed by atoms with van der Waals surface area (Å²) in [5.41, 5.74) is 6.72. The fourth-order valence-electron chi connectivity index (χ4n) is 13.3. The van der Waals surface area contributed by atoms with E-state index in [9.17, 15) is 0 Å². The second-order valence-corrected chi connectivity index (χ2v) is 27.2. The molecule has 0 amide bonds. The second-order valence-electron chi connectivity index (χ2n) is 18.5. The third kappa shape index (κ3) is 8.65. The van der Waals surface area contributed by atoms with Crippen LogP contribution in [0.3, 0.4) is 0 Å². The van der Waals surface area contributed by atoms with Crippen molar-refractivity contribution in [3.63, 3.8) is 0 Å². The number of ether oxygens (including phenoxy) is 1. The third-order valence-corrected chi connectivity index (χ3v) is 20.2. The van der Waals surface area contributed by atoms with Gasteiger partial charge in [-0.05, 0) is 113 Å². The number of rotatable bonds is 6. The molecule has 284 valence electrons. The molecule has 0 heterocycles. The van der Waals surface area contributed by atoms with Crippen LogP contribution in [0, 0.1) is 61.7 Å². The summed E-state index contributed by atoms with van der Waals surface area (Å²) in [6.07, 6.45) is 7.12. The number of methoxy groups -OCH3 is 1. The Kier molecular flexibility index (Phi) is 15.7. The first kappa shape index (κ1) is 44.0. The van der Waals surface area contributed by atoms with Gasteiger partial charge in [0.05, 0.1) is 14.2 Å². The van der Waals surface area contributed by atoms with Gasteiger partial charge in [0, 0.05) is 18.9 Å². The first-order valence-electron chi connectivity index (χ1n) is 19.6. The fraction of sp³-hybridized carbons (Fsp3) is 0.574. The molecule has 5 heteroatoms. The van der Waals surface area contributed by atoms with Crippen LogP contribution < -0.4 is 0 Å². The van der Waals surface area contributed by atoms with Gasteiger partial charge < -0.3 is 19.6 Å². The monoisotopic (exact) mass is 836 g/mol. The van der Waals surface area contributed by atoms with E-state index in [1.165, 1.54) is 43.2 Å². The van der Waals surface area contributed by atoms with Crippen molar-refractivity contribution >= 4 is 25.1 Å². The van der Waals surface area contributed by atoms with Gasteiger partial charge in [-0.25, -0.2) is 0 Å². The fourth-order valence-corrected chi connectivity index (χ4v) is 19.9. The number of hydrogen-bond donors (Lipinski definition) is 0. The van der Waals surface area contributed by atoms with E-state index >= 15 is 0 Å². The van der Waals surface area contributed by atoms with E-state index in [1.54, 1.807) is 5.56 Å². The molecule has 0 aromatic heterocycles. The SMILES string of the molecule is COC1C(c2ccccc2)CC2C(CC(C)C2[Si](C)(C)C2C(C)CC3C(c4ccccc4)CC(C(C)(C)C)CC32)C1c1ccccc1.[CH3-].[CH3-].[Cl][Zr+2][Cl]. The molecule has 4 aliphatic carbocycles. The van der Waals surface area contributed by atoms with E-state index in [2.05, 4.69) is 139 Å². The van der Waals surface area contributed by atoms with Gasteiger partial charge in [-0.2, -0.15) is 0 Å². The third-order valence-electron chi connectivity index (χ3n) is 14.7. The minimum atomic E-state index is -1.73. The van der Waals surface area contributed by atoms with Crippen LogP contribution in [0.5, 0.6) is 0 Å². The van der Waals surface area contributed by atoms with Gasteiger partial charge in [0.1, 0.15) is 0 Å². The Morgan fingerprint density at radius 3 is 1.48 bits per heavy atom. The van der Waals surface area contributed by atoms with E-state index in [-0.39, 0.29) is 21.0 Å². The molecule has 0 N–H and O–H groups in total. The molecular formula is C47H68Cl2OSiZr. The summed E-state index contributed by atoms with van der Waals surface area (Å²) >= 11 is -0.826. The summed E-state index contributed by atoms with van der Waals surface area (Å²) < 4.78 is 6.59. The zero-order chi connectivity index (χ0) is 35.8. The average molecular weight is 839 g/mol. The number of benzene rings is 3. The van der Waals surface area contributed by atoms with Crippen LogP contribution in [-0.2, 0) is 25.6 Å². The van der Waals surface area contributed by atoms with Crippen LogP contribution in [0.1, 0.15) is 101 Å². The molecule has 0 radical (unpaired) electrons. The average Bonchev–Trinajstić information content (AvgIpc) is 3.63. The maximum absolute atomic E-state index is 6.59. The number of hydrogen-bond acceptors (Lipinski definition) is 1. The van der Waals surface area contributed by atoms with Gasteiger partial charge in [0.2, 0.25) is 0 Å². The Bertz CT molecular complexity index is 1500. The summed E-state index contributed by atoms with van der Waals surface area (Å²) in [6, 6.07) is 34.7. The van der Waals surface area contributed by atoms with Gasteiger partial charge in [0.15, 0.2) is 0 Å². The Hall–Kier alpha value is -0.700. The molecule has 0 saturated heterocycles. The predicted molar refractivity (Wildman–Crippen MR) is 226 cm³/mol. The molecule has 0 bridgehead atoms. The Labute approximate surface area is 339 Å². The normalized spacial score (nSPS) is 35.4. The predicted octanol–water partition coefficient (Wildman–Crippen LogP) is 14.5. The topological polar surface area (TPSA) is 9.23 Å². The van der Waals surface area contributed by atoms with Crippen LogP contribution in [0.15, 0.2) is 91.0 Å². The van der Waals surface area contributed by atoms with Crippen molar-refractivity contribution in [2.45, 2.75) is 115 Å². The zero-order valence-electron chi connectivity index (χ0n) is 33.9. The van der Waals surface area contributed by atoms with Crippen LogP contribution in [0.4, 0.5) is 0 Å². The molecule has 4 saturated carbocycles. The van der Waals surface area contributed by atoms with Crippen molar-refractivity contribution in [1.29, 1.82) is 0 Å². The van der Waals surface area contributed by atoms with Crippen molar-refractivity contribution < 1.29 is 25.6 Å². The molecule has 3 aromatic carbocycles. The first-order chi connectivity index (χ1) is 23.9. The molecule has 4 fully saturated rings. The van der Waals surface area contributed by atoms with Crippen molar-refractivity contribution in [3.05, 3.63) is 123 Å². The minimum absolute atomic E-state index is 0. The van der Waals surface area contributed by atoms with E-state index in [4.69, 9.17) is 21.8 Å². The van der Waals surface area contributed by atoms with Gasteiger partial charge >= 0.3 is 37.9 Å². The van der Waals surface area contributed by atoms with Crippen LogP contribution in [0.2, 0.25) is 24.2 Å². The molecule has 52 heavy (non-hydrogen) atoms. The molecule has 3 aromatic rings. The Balaban J connectivity index is 0.00000117. The van der Waals surface area contributed by atoms with Crippen molar-refractivity contribution in [2.75, 3.05) is 7.11 Å². The molecule has 0 spiro atoms. The quantitative estimate of drug-likeness (QED) is 0.177. The summed E-state index contributed by atoms with van der Waals surface area (Å²) in [5.74, 6) is 7.20. The van der Waals surface area contributed by atoms with Crippen molar-refractivity contribution in [2.24, 2.45) is 46.8 Å². The van der Waals surface area contributed by atoms with Gasteiger partial charge in [0.25, 0.3) is 0 Å². The first-order valence-corrected chi connectivity index (χ1v) is 29.0. The van der Waals surface area contributed by atoms with E-state index in [0.29, 0.717) is 29.1 Å². The van der Waals surface area contributed by atoms with Gasteiger partial charge in [-0.1, -0.05) is 139 Å². The summed E-state index contributed by atoms with van der Waals surface area (Å²) in [4.78, 5) is 0. The molecule has 4 aliphatic rings. The van der Waals surface area contributed by atoms with Gasteiger partial charge in [-0.3, -0.25) is 0 Å². The maximum atomic E-state index is 6.59. The molecule has 13 unspecified atom stereocenters. The summed E-state index contributed by atoms with van der Waals surface area (Å²) in [7, 11) is 10.1. The molecular weight excluding hydrogens is 771 g/mol. The summed E-state index contributed by atoms with van der Waals surface area (Å²) in [5, 5.41) is 0. The number of fused-ring (bicyclic) bond motifs is 2. The molecule has 7 rings (SSSR count). The standard InChI is InChI=1S/C45H62OSi.2CH3.2ClH.Zr/c1-29-24-37-35(31-18-12-9-13-19-31)26-34(45(3,4)5)27-39(37)43(29)47(7,8)44-30(2)25-38-40(44)28-36(32-20-14-10-15-21-32)42(46-6)41(38)33-22-16-11-17-23-33;;;;;/h9-23,29-30,34-44H,24-28H2,1-8H3;2*1H3;2*1H;/q;2*-1;;;+4/p-2. The summed E-state index contributed by atoms with van der Waals surface area (Å²) in [6.45, 7) is 18.7. The molecule has 13 atom stereocenters. The van der Waals surface area contributed by atoms with Crippen LogP contribution in [-0.4, -0.2) is 21.3 Å². The van der Waals surface area contributed by atoms with Gasteiger partial charge in [-0.15, -0.1) is 0 Å². The second kappa shape index (κ2) is 18.5. The Morgan fingerprint density at radius 1 is 0.596 bits per heavy atom. The molecule has 1 nitrogen and oxygen atoms in total. The van der Waals surface area contributed by atoms with Crippen LogP contribution in [0.25, 0.3) is 0 Å². The van der Waals surface area contributed by atoms with Crippen LogP contribution >= 0.6 is 17.0 Å². The van der Waals surface area contributed by atoms with E-state index in [0.717, 1.165) is 46.6 Å². The van der Waals surface area contributed by atoms with Crippen molar-refractivity contribution in [3.8, 4) is 0 Å². The van der Waals surface area contributed by atoms with Crippen molar-refractivity contribution in [1.82, 2.24) is 0 Å². The van der Waals surface area contributed by atoms with E-state index in [1.807, 2.05) is 7.11 Å².